The van der Waals surface area contributed by atoms with Crippen LogP contribution in [-0.4, -0.2) is 30.8 Å². The predicted octanol–water partition coefficient (Wildman–Crippen LogP) is 4.18. The van der Waals surface area contributed by atoms with Crippen LogP contribution in [0.15, 0.2) is 66.0 Å². The van der Waals surface area contributed by atoms with E-state index in [1.54, 1.807) is 17.5 Å². The van der Waals surface area contributed by atoms with Gasteiger partial charge in [-0.15, -0.1) is 11.3 Å². The first-order valence-corrected chi connectivity index (χ1v) is 10.3. The van der Waals surface area contributed by atoms with Crippen molar-refractivity contribution in [3.05, 3.63) is 87.6 Å². The van der Waals surface area contributed by atoms with E-state index in [0.29, 0.717) is 16.1 Å². The van der Waals surface area contributed by atoms with Gasteiger partial charge in [-0.1, -0.05) is 12.1 Å². The van der Waals surface area contributed by atoms with Gasteiger partial charge in [-0.3, -0.25) is 14.4 Å². The number of thiophene rings is 1. The number of rotatable bonds is 7. The van der Waals surface area contributed by atoms with Crippen molar-refractivity contribution in [3.8, 4) is 0 Å². The Kier molecular flexibility index (Phi) is 7.26. The van der Waals surface area contributed by atoms with E-state index in [0.717, 1.165) is 18.2 Å². The van der Waals surface area contributed by atoms with Crippen LogP contribution in [0.25, 0.3) is 0 Å². The van der Waals surface area contributed by atoms with Crippen LogP contribution >= 0.6 is 11.3 Å². The van der Waals surface area contributed by atoms with E-state index in [1.165, 1.54) is 41.7 Å². The third-order valence-electron chi connectivity index (χ3n) is 4.30. The molecule has 3 amide bonds. The number of hydrogen-bond acceptors (Lipinski definition) is 4. The molecule has 2 aromatic carbocycles. The molecule has 0 aliphatic rings. The zero-order chi connectivity index (χ0) is 23.1. The molecule has 0 atom stereocenters. The molecule has 6 nitrogen and oxygen atoms in total. The Morgan fingerprint density at radius 3 is 2.09 bits per heavy atom. The van der Waals surface area contributed by atoms with Gasteiger partial charge in [0.1, 0.15) is 0 Å². The average Bonchev–Trinajstić information content (AvgIpc) is 3.31. The number of anilines is 1. The summed E-state index contributed by atoms with van der Waals surface area (Å²) >= 11 is 1.32. The molecule has 1 heterocycles. The molecule has 0 bridgehead atoms. The topological polar surface area (TPSA) is 87.3 Å². The number of hydrogen-bond donors (Lipinski definition) is 3. The highest BCUT2D eigenvalue weighted by molar-refractivity contribution is 7.12. The number of halogens is 3. The second-order valence-electron chi connectivity index (χ2n) is 6.60. The average molecular weight is 461 g/mol. The van der Waals surface area contributed by atoms with Crippen LogP contribution in [0.5, 0.6) is 0 Å². The maximum absolute atomic E-state index is 12.8. The van der Waals surface area contributed by atoms with Crippen LogP contribution in [0.4, 0.5) is 18.9 Å². The van der Waals surface area contributed by atoms with Crippen molar-refractivity contribution in [3.63, 3.8) is 0 Å². The zero-order valence-electron chi connectivity index (χ0n) is 16.5. The lowest BCUT2D eigenvalue weighted by Crippen LogP contribution is -2.34. The molecule has 10 heteroatoms. The molecule has 0 radical (unpaired) electrons. The molecule has 3 N–H and O–H groups in total. The molecule has 166 valence electrons. The fraction of sp³-hybridized carbons (Fsp3) is 0.136. The standard InChI is InChI=1S/C22H18F3N3O3S/c23-22(24,25)16-4-1-3-15(13-16)20(30)28-17-8-6-14(7-9-17)19(29)26-10-11-27-21(31)18-5-2-12-32-18/h1-9,12-13H,10-11H2,(H,26,29)(H,27,31)(H,28,30). The van der Waals surface area contributed by atoms with Gasteiger partial charge >= 0.3 is 6.18 Å². The number of carbonyl (C=O) groups is 3. The van der Waals surface area contributed by atoms with Gasteiger partial charge in [0.2, 0.25) is 0 Å². The Labute approximate surface area is 185 Å². The molecular formula is C22H18F3N3O3S. The van der Waals surface area contributed by atoms with E-state index in [2.05, 4.69) is 16.0 Å². The van der Waals surface area contributed by atoms with Crippen molar-refractivity contribution in [1.82, 2.24) is 10.6 Å². The highest BCUT2D eigenvalue weighted by atomic mass is 32.1. The van der Waals surface area contributed by atoms with Crippen LogP contribution in [0, 0.1) is 0 Å². The molecule has 0 aliphatic heterocycles. The quantitative estimate of drug-likeness (QED) is 0.462. The SMILES string of the molecule is O=C(NCCNC(=O)c1cccs1)c1ccc(NC(=O)c2cccc(C(F)(F)F)c2)cc1. The largest absolute Gasteiger partial charge is 0.416 e. The summed E-state index contributed by atoms with van der Waals surface area (Å²) in [6.45, 7) is 0.484. The zero-order valence-corrected chi connectivity index (χ0v) is 17.3. The van der Waals surface area contributed by atoms with Gasteiger partial charge in [0.05, 0.1) is 10.4 Å². The minimum absolute atomic E-state index is 0.133. The number of amides is 3. The van der Waals surface area contributed by atoms with E-state index in [-0.39, 0.29) is 30.5 Å². The normalized spacial score (nSPS) is 11.0. The molecule has 0 saturated heterocycles. The Morgan fingerprint density at radius 1 is 0.781 bits per heavy atom. The van der Waals surface area contributed by atoms with Gasteiger partial charge < -0.3 is 16.0 Å². The van der Waals surface area contributed by atoms with E-state index < -0.39 is 17.6 Å². The lowest BCUT2D eigenvalue weighted by atomic mass is 10.1. The van der Waals surface area contributed by atoms with Gasteiger partial charge in [0, 0.05) is 29.9 Å². The maximum atomic E-state index is 12.8. The lowest BCUT2D eigenvalue weighted by Gasteiger charge is -2.10. The van der Waals surface area contributed by atoms with Gasteiger partial charge in [-0.2, -0.15) is 13.2 Å². The van der Waals surface area contributed by atoms with Gasteiger partial charge in [-0.05, 0) is 53.9 Å². The summed E-state index contributed by atoms with van der Waals surface area (Å²) in [4.78, 5) is 36.8. The van der Waals surface area contributed by atoms with Crippen LogP contribution in [0.1, 0.15) is 36.0 Å². The smallest absolute Gasteiger partial charge is 0.350 e. The van der Waals surface area contributed by atoms with Crippen molar-refractivity contribution in [2.75, 3.05) is 18.4 Å². The number of nitrogens with one attached hydrogen (secondary N) is 3. The molecule has 3 aromatic rings. The second-order valence-corrected chi connectivity index (χ2v) is 7.55. The van der Waals surface area contributed by atoms with E-state index in [1.807, 2.05) is 0 Å². The highest BCUT2D eigenvalue weighted by Gasteiger charge is 2.30. The number of benzene rings is 2. The second kappa shape index (κ2) is 10.1. The third-order valence-corrected chi connectivity index (χ3v) is 5.17. The van der Waals surface area contributed by atoms with Crippen LogP contribution in [-0.2, 0) is 6.18 Å². The Bertz CT molecular complexity index is 1100. The summed E-state index contributed by atoms with van der Waals surface area (Å²) in [7, 11) is 0. The van der Waals surface area contributed by atoms with E-state index in [4.69, 9.17) is 0 Å². The molecule has 0 saturated carbocycles. The summed E-state index contributed by atoms with van der Waals surface area (Å²) < 4.78 is 38.4. The predicted molar refractivity (Wildman–Crippen MR) is 115 cm³/mol. The van der Waals surface area contributed by atoms with E-state index >= 15 is 0 Å². The van der Waals surface area contributed by atoms with Gasteiger partial charge in [0.25, 0.3) is 17.7 Å². The first-order valence-electron chi connectivity index (χ1n) is 9.42. The van der Waals surface area contributed by atoms with Crippen LogP contribution < -0.4 is 16.0 Å². The molecule has 0 spiro atoms. The Morgan fingerprint density at radius 2 is 1.47 bits per heavy atom. The lowest BCUT2D eigenvalue weighted by molar-refractivity contribution is -0.137. The summed E-state index contributed by atoms with van der Waals surface area (Å²) in [5.41, 5.74) is -0.395. The first kappa shape index (κ1) is 23.0. The molecule has 32 heavy (non-hydrogen) atoms. The van der Waals surface area contributed by atoms with Crippen molar-refractivity contribution in [1.29, 1.82) is 0 Å². The molecule has 1 aromatic heterocycles. The van der Waals surface area contributed by atoms with Crippen molar-refractivity contribution in [2.24, 2.45) is 0 Å². The molecular weight excluding hydrogens is 443 g/mol. The highest BCUT2D eigenvalue weighted by Crippen LogP contribution is 2.29. The molecule has 0 fully saturated rings. The van der Waals surface area contributed by atoms with Crippen LogP contribution in [0.2, 0.25) is 0 Å². The van der Waals surface area contributed by atoms with E-state index in [9.17, 15) is 27.6 Å². The van der Waals surface area contributed by atoms with Crippen molar-refractivity contribution in [2.45, 2.75) is 6.18 Å². The Balaban J connectivity index is 1.49. The summed E-state index contributed by atoms with van der Waals surface area (Å²) in [5.74, 6) is -1.28. The summed E-state index contributed by atoms with van der Waals surface area (Å²) in [6, 6.07) is 13.5. The summed E-state index contributed by atoms with van der Waals surface area (Å²) in [6.07, 6.45) is -4.54. The third kappa shape index (κ3) is 6.17. The van der Waals surface area contributed by atoms with Gasteiger partial charge in [-0.25, -0.2) is 0 Å². The fourth-order valence-electron chi connectivity index (χ4n) is 2.69. The maximum Gasteiger partial charge on any atom is 0.416 e. The number of carbonyl (C=O) groups excluding carboxylic acids is 3. The monoisotopic (exact) mass is 461 g/mol. The number of alkyl halides is 3. The van der Waals surface area contributed by atoms with Crippen molar-refractivity contribution >= 4 is 34.7 Å². The molecule has 0 aliphatic carbocycles. The van der Waals surface area contributed by atoms with Crippen molar-refractivity contribution < 1.29 is 27.6 Å². The Hall–Kier alpha value is -3.66. The minimum atomic E-state index is -4.54. The summed E-state index contributed by atoms with van der Waals surface area (Å²) in [5, 5.41) is 9.64. The minimum Gasteiger partial charge on any atom is -0.350 e. The first-order chi connectivity index (χ1) is 15.2. The molecule has 0 unspecified atom stereocenters. The molecule has 3 rings (SSSR count). The van der Waals surface area contributed by atoms with Gasteiger partial charge in [0.15, 0.2) is 0 Å². The fourth-order valence-corrected chi connectivity index (χ4v) is 3.33. The van der Waals surface area contributed by atoms with Crippen LogP contribution in [0.3, 0.4) is 0 Å².